The summed E-state index contributed by atoms with van der Waals surface area (Å²) in [5.74, 6) is 0.525. The molecule has 0 aliphatic carbocycles. The predicted molar refractivity (Wildman–Crippen MR) is 119 cm³/mol. The lowest BCUT2D eigenvalue weighted by molar-refractivity contribution is 0.0934. The normalized spacial score (nSPS) is 10.0. The fourth-order valence-electron chi connectivity index (χ4n) is 2.46. The minimum absolute atomic E-state index is 0.0681. The summed E-state index contributed by atoms with van der Waals surface area (Å²) >= 11 is 5.07. The monoisotopic (exact) mass is 447 g/mol. The van der Waals surface area contributed by atoms with Gasteiger partial charge in [0, 0.05) is 17.7 Å². The van der Waals surface area contributed by atoms with Crippen molar-refractivity contribution in [3.8, 4) is 17.2 Å². The molecule has 166 valence electrons. The molecule has 0 aliphatic heterocycles. The van der Waals surface area contributed by atoms with Crippen LogP contribution in [0.25, 0.3) is 0 Å². The van der Waals surface area contributed by atoms with Gasteiger partial charge in [-0.2, -0.15) is 0 Å². The summed E-state index contributed by atoms with van der Waals surface area (Å²) in [6.45, 7) is 3.35. The predicted octanol–water partition coefficient (Wildman–Crippen LogP) is 2.07. The van der Waals surface area contributed by atoms with Crippen LogP contribution in [0.5, 0.6) is 17.2 Å². The molecule has 0 fully saturated rings. The third-order valence-corrected chi connectivity index (χ3v) is 4.16. The molecule has 0 heterocycles. The molecule has 0 bridgehead atoms. The second-order valence-electron chi connectivity index (χ2n) is 6.01. The van der Waals surface area contributed by atoms with Crippen LogP contribution in [0.4, 0.5) is 0 Å². The van der Waals surface area contributed by atoms with Crippen molar-refractivity contribution in [2.24, 2.45) is 0 Å². The molecule has 0 radical (unpaired) electrons. The Morgan fingerprint density at radius 2 is 1.65 bits per heavy atom. The van der Waals surface area contributed by atoms with E-state index in [0.29, 0.717) is 48.2 Å². The Hall–Kier alpha value is -3.37. The molecule has 2 amide bonds. The van der Waals surface area contributed by atoms with Gasteiger partial charge in [0.25, 0.3) is 11.8 Å². The number of thiocarbonyl (C=S) groups is 1. The average molecular weight is 448 g/mol. The highest BCUT2D eigenvalue weighted by atomic mass is 32.1. The first-order valence-corrected chi connectivity index (χ1v) is 9.83. The standard InChI is InChI=1S/C21H25N3O6S/c1-4-29-10-11-30-16-7-5-6-14(12-16)19(25)22-21(31)24-23-20(26)15-8-9-17(27-2)18(13-15)28-3/h5-9,12-13H,4,10-11H2,1-3H3,(H,23,26)(H2,22,24,25,31). The first kappa shape index (κ1) is 23.9. The smallest absolute Gasteiger partial charge is 0.269 e. The van der Waals surface area contributed by atoms with E-state index < -0.39 is 11.8 Å². The van der Waals surface area contributed by atoms with Gasteiger partial charge in [-0.05, 0) is 55.5 Å². The van der Waals surface area contributed by atoms with Crippen molar-refractivity contribution in [2.75, 3.05) is 34.0 Å². The van der Waals surface area contributed by atoms with E-state index in [9.17, 15) is 9.59 Å². The molecule has 2 aromatic rings. The molecule has 3 N–H and O–H groups in total. The molecular formula is C21H25N3O6S. The summed E-state index contributed by atoms with van der Waals surface area (Å²) in [5, 5.41) is 2.42. The highest BCUT2D eigenvalue weighted by molar-refractivity contribution is 7.80. The lowest BCUT2D eigenvalue weighted by atomic mass is 10.2. The zero-order chi connectivity index (χ0) is 22.6. The molecule has 31 heavy (non-hydrogen) atoms. The first-order chi connectivity index (χ1) is 15.0. The van der Waals surface area contributed by atoms with Crippen LogP contribution in [0, 0.1) is 0 Å². The van der Waals surface area contributed by atoms with E-state index in [1.807, 2.05) is 6.92 Å². The number of carbonyl (C=O) groups excluding carboxylic acids is 2. The molecule has 0 unspecified atom stereocenters. The summed E-state index contributed by atoms with van der Waals surface area (Å²) < 4.78 is 21.1. The molecule has 0 aliphatic rings. The summed E-state index contributed by atoms with van der Waals surface area (Å²) in [6, 6.07) is 11.3. The van der Waals surface area contributed by atoms with Gasteiger partial charge >= 0.3 is 0 Å². The number of nitrogens with one attached hydrogen (secondary N) is 3. The van der Waals surface area contributed by atoms with E-state index in [4.69, 9.17) is 31.2 Å². The highest BCUT2D eigenvalue weighted by Gasteiger charge is 2.13. The lowest BCUT2D eigenvalue weighted by Crippen LogP contribution is -2.48. The van der Waals surface area contributed by atoms with Crippen molar-refractivity contribution in [2.45, 2.75) is 6.92 Å². The fourth-order valence-corrected chi connectivity index (χ4v) is 2.60. The van der Waals surface area contributed by atoms with E-state index in [-0.39, 0.29) is 5.11 Å². The maximum atomic E-state index is 12.4. The fraction of sp³-hybridized carbons (Fsp3) is 0.286. The van der Waals surface area contributed by atoms with Crippen LogP contribution in [0.3, 0.4) is 0 Å². The molecule has 9 nitrogen and oxygen atoms in total. The third-order valence-electron chi connectivity index (χ3n) is 3.96. The molecule has 0 atom stereocenters. The summed E-state index contributed by atoms with van der Waals surface area (Å²) in [4.78, 5) is 24.7. The molecule has 0 spiro atoms. The van der Waals surface area contributed by atoms with Crippen LogP contribution in [-0.2, 0) is 4.74 Å². The van der Waals surface area contributed by atoms with Gasteiger partial charge < -0.3 is 18.9 Å². The number of amides is 2. The quantitative estimate of drug-likeness (QED) is 0.305. The van der Waals surface area contributed by atoms with E-state index >= 15 is 0 Å². The number of methoxy groups -OCH3 is 2. The zero-order valence-corrected chi connectivity index (χ0v) is 18.3. The van der Waals surface area contributed by atoms with Crippen LogP contribution < -0.4 is 30.4 Å². The molecule has 0 aromatic heterocycles. The van der Waals surface area contributed by atoms with Crippen LogP contribution in [0.2, 0.25) is 0 Å². The molecule has 0 saturated heterocycles. The van der Waals surface area contributed by atoms with Gasteiger partial charge in [-0.3, -0.25) is 25.8 Å². The van der Waals surface area contributed by atoms with Gasteiger partial charge in [-0.15, -0.1) is 0 Å². The average Bonchev–Trinajstić information content (AvgIpc) is 2.80. The van der Waals surface area contributed by atoms with E-state index in [1.165, 1.54) is 20.3 Å². The topological polar surface area (TPSA) is 107 Å². The Labute approximate surface area is 186 Å². The Balaban J connectivity index is 1.87. The Bertz CT molecular complexity index is 922. The lowest BCUT2D eigenvalue weighted by Gasteiger charge is -2.13. The minimum Gasteiger partial charge on any atom is -0.493 e. The second-order valence-corrected chi connectivity index (χ2v) is 6.41. The molecule has 2 rings (SSSR count). The number of hydrogen-bond donors (Lipinski definition) is 3. The van der Waals surface area contributed by atoms with E-state index in [0.717, 1.165) is 0 Å². The molecule has 0 saturated carbocycles. The number of rotatable bonds is 9. The number of benzene rings is 2. The van der Waals surface area contributed by atoms with Gasteiger partial charge in [-0.1, -0.05) is 6.07 Å². The zero-order valence-electron chi connectivity index (χ0n) is 17.5. The van der Waals surface area contributed by atoms with Gasteiger partial charge in [0.2, 0.25) is 0 Å². The van der Waals surface area contributed by atoms with Crippen LogP contribution in [0.15, 0.2) is 42.5 Å². The molecular weight excluding hydrogens is 422 g/mol. The molecule has 2 aromatic carbocycles. The minimum atomic E-state index is -0.470. The van der Waals surface area contributed by atoms with Crippen LogP contribution in [0.1, 0.15) is 27.6 Å². The second kappa shape index (κ2) is 12.4. The Kier molecular flexibility index (Phi) is 9.53. The first-order valence-electron chi connectivity index (χ1n) is 9.42. The Morgan fingerprint density at radius 1 is 0.903 bits per heavy atom. The maximum absolute atomic E-state index is 12.4. The summed E-state index contributed by atoms with van der Waals surface area (Å²) in [6.07, 6.45) is 0. The number of carbonyl (C=O) groups is 2. The van der Waals surface area contributed by atoms with E-state index in [2.05, 4.69) is 16.2 Å². The SMILES string of the molecule is CCOCCOc1cccc(C(=O)NC(=S)NNC(=O)c2ccc(OC)c(OC)c2)c1. The number of hydrogen-bond acceptors (Lipinski definition) is 7. The third kappa shape index (κ3) is 7.43. The molecule has 10 heteroatoms. The largest absolute Gasteiger partial charge is 0.493 e. The summed E-state index contributed by atoms with van der Waals surface area (Å²) in [7, 11) is 2.98. The number of hydrazine groups is 1. The van der Waals surface area contributed by atoms with Gasteiger partial charge in [0.1, 0.15) is 12.4 Å². The Morgan fingerprint density at radius 3 is 2.35 bits per heavy atom. The van der Waals surface area contributed by atoms with Crippen molar-refractivity contribution in [1.29, 1.82) is 0 Å². The van der Waals surface area contributed by atoms with Gasteiger partial charge in [-0.25, -0.2) is 0 Å². The van der Waals surface area contributed by atoms with Crippen molar-refractivity contribution < 1.29 is 28.5 Å². The van der Waals surface area contributed by atoms with Crippen LogP contribution in [-0.4, -0.2) is 51.0 Å². The van der Waals surface area contributed by atoms with Crippen molar-refractivity contribution in [1.82, 2.24) is 16.2 Å². The highest BCUT2D eigenvalue weighted by Crippen LogP contribution is 2.27. The summed E-state index contributed by atoms with van der Waals surface area (Å²) in [5.41, 5.74) is 5.57. The van der Waals surface area contributed by atoms with Crippen molar-refractivity contribution >= 4 is 29.1 Å². The maximum Gasteiger partial charge on any atom is 0.269 e. The van der Waals surface area contributed by atoms with Crippen molar-refractivity contribution in [3.05, 3.63) is 53.6 Å². The van der Waals surface area contributed by atoms with Gasteiger partial charge in [0.05, 0.1) is 20.8 Å². The number of ether oxygens (including phenoxy) is 4. The van der Waals surface area contributed by atoms with Crippen molar-refractivity contribution in [3.63, 3.8) is 0 Å². The van der Waals surface area contributed by atoms with E-state index in [1.54, 1.807) is 36.4 Å². The van der Waals surface area contributed by atoms with Gasteiger partial charge in [0.15, 0.2) is 16.6 Å². The van der Waals surface area contributed by atoms with Crippen LogP contribution >= 0.6 is 12.2 Å².